The van der Waals surface area contributed by atoms with Crippen molar-refractivity contribution >= 4 is 11.6 Å². The van der Waals surface area contributed by atoms with Crippen LogP contribution >= 0.6 is 11.6 Å². The third kappa shape index (κ3) is 5.71. The molecule has 0 saturated heterocycles. The molecule has 0 N–H and O–H groups in total. The maximum absolute atomic E-state index is 13.7. The Bertz CT molecular complexity index is 399. The van der Waals surface area contributed by atoms with Gasteiger partial charge in [0, 0.05) is 39.4 Å². The molecule has 3 nitrogen and oxygen atoms in total. The van der Waals surface area contributed by atoms with Gasteiger partial charge in [0.2, 0.25) is 0 Å². The van der Waals surface area contributed by atoms with Crippen molar-refractivity contribution in [2.24, 2.45) is 0 Å². The normalized spacial score (nSPS) is 12.9. The van der Waals surface area contributed by atoms with Crippen molar-refractivity contribution in [3.05, 3.63) is 35.4 Å². The second-order valence-corrected chi connectivity index (χ2v) is 4.95. The van der Waals surface area contributed by atoms with Gasteiger partial charge in [-0.15, -0.1) is 11.6 Å². The molecular formula is C14H20ClF2NO2. The van der Waals surface area contributed by atoms with E-state index in [2.05, 4.69) is 0 Å². The Morgan fingerprint density at radius 3 is 2.30 bits per heavy atom. The molecule has 0 amide bonds. The number of nitrogens with zero attached hydrogens (tertiary/aromatic N) is 1. The van der Waals surface area contributed by atoms with Crippen molar-refractivity contribution in [3.8, 4) is 0 Å². The topological polar surface area (TPSA) is 21.7 Å². The molecule has 1 aromatic rings. The minimum absolute atomic E-state index is 0.173. The summed E-state index contributed by atoms with van der Waals surface area (Å²) in [5.74, 6) is -0.989. The number of methoxy groups -OCH3 is 2. The largest absolute Gasteiger partial charge is 0.383 e. The number of alkyl halides is 1. The third-order valence-electron chi connectivity index (χ3n) is 2.94. The molecule has 1 rings (SSSR count). The van der Waals surface area contributed by atoms with Gasteiger partial charge < -0.3 is 9.47 Å². The molecule has 0 radical (unpaired) electrons. The van der Waals surface area contributed by atoms with Crippen molar-refractivity contribution in [1.82, 2.24) is 4.90 Å². The summed E-state index contributed by atoms with van der Waals surface area (Å²) in [6.07, 6.45) is 0. The molecule has 0 fully saturated rings. The summed E-state index contributed by atoms with van der Waals surface area (Å²) in [5, 5.41) is -0.626. The SMILES string of the molecule is COCCN(CCOC)CC(Cl)c1cc(F)ccc1F. The summed E-state index contributed by atoms with van der Waals surface area (Å²) >= 11 is 6.21. The van der Waals surface area contributed by atoms with E-state index in [4.69, 9.17) is 21.1 Å². The van der Waals surface area contributed by atoms with Crippen LogP contribution in [0.4, 0.5) is 8.78 Å². The highest BCUT2D eigenvalue weighted by Gasteiger charge is 2.17. The highest BCUT2D eigenvalue weighted by molar-refractivity contribution is 6.21. The Morgan fingerprint density at radius 1 is 1.15 bits per heavy atom. The van der Waals surface area contributed by atoms with E-state index in [9.17, 15) is 8.78 Å². The summed E-state index contributed by atoms with van der Waals surface area (Å²) in [6, 6.07) is 3.31. The average molecular weight is 308 g/mol. The number of rotatable bonds is 9. The predicted octanol–water partition coefficient (Wildman–Crippen LogP) is 2.84. The monoisotopic (exact) mass is 307 g/mol. The molecular weight excluding hydrogens is 288 g/mol. The quantitative estimate of drug-likeness (QED) is 0.655. The lowest BCUT2D eigenvalue weighted by Crippen LogP contribution is -2.33. The standard InChI is InChI=1S/C14H20ClF2NO2/c1-19-7-5-18(6-8-20-2)10-13(15)12-9-11(16)3-4-14(12)17/h3-4,9,13H,5-8,10H2,1-2H3. The zero-order valence-electron chi connectivity index (χ0n) is 11.7. The van der Waals surface area contributed by atoms with E-state index in [-0.39, 0.29) is 5.56 Å². The predicted molar refractivity (Wildman–Crippen MR) is 75.1 cm³/mol. The van der Waals surface area contributed by atoms with Crippen molar-refractivity contribution < 1.29 is 18.3 Å². The van der Waals surface area contributed by atoms with Crippen LogP contribution in [-0.4, -0.2) is 52.0 Å². The minimum Gasteiger partial charge on any atom is -0.383 e. The summed E-state index contributed by atoms with van der Waals surface area (Å²) in [4.78, 5) is 2.00. The Kier molecular flexibility index (Phi) is 7.99. The van der Waals surface area contributed by atoms with Gasteiger partial charge >= 0.3 is 0 Å². The molecule has 0 aliphatic rings. The van der Waals surface area contributed by atoms with E-state index in [1.165, 1.54) is 0 Å². The third-order valence-corrected chi connectivity index (χ3v) is 3.31. The molecule has 0 spiro atoms. The van der Waals surface area contributed by atoms with Gasteiger partial charge in [-0.3, -0.25) is 4.90 Å². The molecule has 6 heteroatoms. The highest BCUT2D eigenvalue weighted by Crippen LogP contribution is 2.25. The molecule has 0 heterocycles. The van der Waals surface area contributed by atoms with Crippen molar-refractivity contribution in [2.75, 3.05) is 47.1 Å². The van der Waals surface area contributed by atoms with Crippen LogP contribution in [0.5, 0.6) is 0 Å². The van der Waals surface area contributed by atoms with Crippen LogP contribution < -0.4 is 0 Å². The first-order valence-corrected chi connectivity index (χ1v) is 6.81. The van der Waals surface area contributed by atoms with Crippen LogP contribution in [0.25, 0.3) is 0 Å². The minimum atomic E-state index is -0.626. The number of hydrogen-bond acceptors (Lipinski definition) is 3. The van der Waals surface area contributed by atoms with Gasteiger partial charge in [0.25, 0.3) is 0 Å². The first kappa shape index (κ1) is 17.3. The number of ether oxygens (including phenoxy) is 2. The summed E-state index contributed by atoms with van der Waals surface area (Å²) in [7, 11) is 3.22. The molecule has 0 aliphatic carbocycles. The first-order valence-electron chi connectivity index (χ1n) is 6.37. The second-order valence-electron chi connectivity index (χ2n) is 4.42. The fraction of sp³-hybridized carbons (Fsp3) is 0.571. The van der Waals surface area contributed by atoms with Gasteiger partial charge in [-0.25, -0.2) is 8.78 Å². The lowest BCUT2D eigenvalue weighted by Gasteiger charge is -2.24. The zero-order chi connectivity index (χ0) is 15.0. The molecule has 1 aromatic carbocycles. The summed E-state index contributed by atoms with van der Waals surface area (Å²) in [6.45, 7) is 2.78. The first-order chi connectivity index (χ1) is 9.58. The number of halogens is 3. The van der Waals surface area contributed by atoms with E-state index < -0.39 is 17.0 Å². The molecule has 0 saturated carbocycles. The highest BCUT2D eigenvalue weighted by atomic mass is 35.5. The van der Waals surface area contributed by atoms with Gasteiger partial charge in [0.05, 0.1) is 18.6 Å². The lowest BCUT2D eigenvalue weighted by atomic mass is 10.1. The molecule has 0 aromatic heterocycles. The lowest BCUT2D eigenvalue weighted by molar-refractivity contribution is 0.114. The van der Waals surface area contributed by atoms with E-state index in [0.717, 1.165) is 18.2 Å². The molecule has 0 bridgehead atoms. The summed E-state index contributed by atoms with van der Waals surface area (Å²) < 4.78 is 36.9. The van der Waals surface area contributed by atoms with Crippen molar-refractivity contribution in [1.29, 1.82) is 0 Å². The van der Waals surface area contributed by atoms with Crippen LogP contribution in [-0.2, 0) is 9.47 Å². The van der Waals surface area contributed by atoms with Gasteiger partial charge in [-0.2, -0.15) is 0 Å². The molecule has 1 atom stereocenters. The van der Waals surface area contributed by atoms with E-state index >= 15 is 0 Å². The van der Waals surface area contributed by atoms with Crippen LogP contribution in [0.3, 0.4) is 0 Å². The number of hydrogen-bond donors (Lipinski definition) is 0. The van der Waals surface area contributed by atoms with Gasteiger partial charge in [-0.1, -0.05) is 0 Å². The molecule has 1 unspecified atom stereocenters. The van der Waals surface area contributed by atoms with Crippen LogP contribution in [0.1, 0.15) is 10.9 Å². The Balaban J connectivity index is 2.67. The van der Waals surface area contributed by atoms with E-state index in [1.54, 1.807) is 14.2 Å². The molecule has 114 valence electrons. The zero-order valence-corrected chi connectivity index (χ0v) is 12.5. The van der Waals surface area contributed by atoms with E-state index in [1.807, 2.05) is 4.90 Å². The van der Waals surface area contributed by atoms with Gasteiger partial charge in [-0.05, 0) is 18.2 Å². The second kappa shape index (κ2) is 9.23. The Hall–Kier alpha value is -0.750. The van der Waals surface area contributed by atoms with Crippen LogP contribution in [0.15, 0.2) is 18.2 Å². The van der Waals surface area contributed by atoms with Gasteiger partial charge in [0.15, 0.2) is 0 Å². The fourth-order valence-corrected chi connectivity index (χ4v) is 2.18. The Morgan fingerprint density at radius 2 is 1.75 bits per heavy atom. The fourth-order valence-electron chi connectivity index (χ4n) is 1.81. The van der Waals surface area contributed by atoms with E-state index in [0.29, 0.717) is 32.8 Å². The average Bonchev–Trinajstić information content (AvgIpc) is 2.44. The number of benzene rings is 1. The summed E-state index contributed by atoms with van der Waals surface area (Å²) in [5.41, 5.74) is 0.173. The maximum atomic E-state index is 13.7. The van der Waals surface area contributed by atoms with Crippen LogP contribution in [0.2, 0.25) is 0 Å². The van der Waals surface area contributed by atoms with Gasteiger partial charge in [0.1, 0.15) is 11.6 Å². The Labute approximate surface area is 123 Å². The van der Waals surface area contributed by atoms with Crippen molar-refractivity contribution in [3.63, 3.8) is 0 Å². The van der Waals surface area contributed by atoms with Crippen molar-refractivity contribution in [2.45, 2.75) is 5.38 Å². The molecule has 0 aliphatic heterocycles. The maximum Gasteiger partial charge on any atom is 0.128 e. The smallest absolute Gasteiger partial charge is 0.128 e. The van der Waals surface area contributed by atoms with Crippen LogP contribution in [0, 0.1) is 11.6 Å². The molecule has 20 heavy (non-hydrogen) atoms.